The highest BCUT2D eigenvalue weighted by molar-refractivity contribution is 5.75. The van der Waals surface area contributed by atoms with Gasteiger partial charge in [-0.3, -0.25) is 4.57 Å². The molecule has 0 radical (unpaired) electrons. The second kappa shape index (κ2) is 4.34. The van der Waals surface area contributed by atoms with Crippen LogP contribution in [0, 0.1) is 5.41 Å². The summed E-state index contributed by atoms with van der Waals surface area (Å²) in [5.41, 5.74) is 7.66. The Bertz CT molecular complexity index is 650. The van der Waals surface area contributed by atoms with Gasteiger partial charge in [0.05, 0.1) is 13.2 Å². The molecule has 0 aromatic carbocycles. The molecule has 2 N–H and O–H groups in total. The van der Waals surface area contributed by atoms with Gasteiger partial charge < -0.3 is 15.2 Å². The molecule has 0 bridgehead atoms. The van der Waals surface area contributed by atoms with Crippen molar-refractivity contribution in [2.45, 2.75) is 32.4 Å². The Kier molecular flexibility index (Phi) is 2.86. The molecule has 2 aromatic heterocycles. The number of nitrogen functional groups attached to an aromatic ring is 1. The summed E-state index contributed by atoms with van der Waals surface area (Å²) in [6.45, 7) is 4.36. The molecule has 108 valence electrons. The van der Waals surface area contributed by atoms with Crippen molar-refractivity contribution in [3.63, 3.8) is 0 Å². The number of methoxy groups -OCH3 is 2. The van der Waals surface area contributed by atoms with Crippen LogP contribution >= 0.6 is 0 Å². The minimum Gasteiger partial charge on any atom is -0.481 e. The zero-order valence-corrected chi connectivity index (χ0v) is 12.3. The second-order valence-corrected chi connectivity index (χ2v) is 5.83. The molecule has 20 heavy (non-hydrogen) atoms. The molecule has 1 saturated carbocycles. The number of hydrogen-bond donors (Lipinski definition) is 1. The van der Waals surface area contributed by atoms with E-state index in [4.69, 9.17) is 15.2 Å². The molecular formula is C14H20N4O2. The zero-order chi connectivity index (χ0) is 14.5. The van der Waals surface area contributed by atoms with Crippen LogP contribution in [0.2, 0.25) is 0 Å². The van der Waals surface area contributed by atoms with Crippen LogP contribution in [0.1, 0.15) is 26.3 Å². The van der Waals surface area contributed by atoms with Gasteiger partial charge in [-0.05, 0) is 12.5 Å². The molecular weight excluding hydrogens is 256 g/mol. The first kappa shape index (κ1) is 13.2. The monoisotopic (exact) mass is 276 g/mol. The second-order valence-electron chi connectivity index (χ2n) is 5.83. The van der Waals surface area contributed by atoms with Gasteiger partial charge in [-0.1, -0.05) is 13.8 Å². The molecule has 2 unspecified atom stereocenters. The lowest BCUT2D eigenvalue weighted by molar-refractivity contribution is -0.111. The van der Waals surface area contributed by atoms with Crippen LogP contribution in [0.15, 0.2) is 12.1 Å². The standard InChI is InChI=1S/C14H20N4O2/c1-14(2)9(7-10(14)19-3)18-12-8(16-13(18)15)5-6-11(17-12)20-4/h5-6,9-10H,7H2,1-4H3,(H2,15,16). The Hall–Kier alpha value is -1.82. The minimum absolute atomic E-state index is 0.00125. The Labute approximate surface area is 117 Å². The van der Waals surface area contributed by atoms with Crippen molar-refractivity contribution in [2.75, 3.05) is 20.0 Å². The summed E-state index contributed by atoms with van der Waals surface area (Å²) in [4.78, 5) is 8.88. The molecule has 1 aliphatic carbocycles. The summed E-state index contributed by atoms with van der Waals surface area (Å²) < 4.78 is 12.7. The van der Waals surface area contributed by atoms with E-state index in [0.717, 1.165) is 17.6 Å². The number of pyridine rings is 1. The van der Waals surface area contributed by atoms with Gasteiger partial charge in [-0.2, -0.15) is 4.98 Å². The largest absolute Gasteiger partial charge is 0.481 e. The first-order chi connectivity index (χ1) is 9.48. The van der Waals surface area contributed by atoms with Gasteiger partial charge in [0.15, 0.2) is 5.65 Å². The molecule has 0 aliphatic heterocycles. The number of nitrogens with two attached hydrogens (primary N) is 1. The highest BCUT2D eigenvalue weighted by Crippen LogP contribution is 2.52. The van der Waals surface area contributed by atoms with Gasteiger partial charge in [0, 0.05) is 24.6 Å². The topological polar surface area (TPSA) is 75.2 Å². The number of aromatic nitrogens is 3. The molecule has 0 spiro atoms. The summed E-state index contributed by atoms with van der Waals surface area (Å²) in [5, 5.41) is 0. The van der Waals surface area contributed by atoms with E-state index in [1.54, 1.807) is 20.3 Å². The van der Waals surface area contributed by atoms with Crippen molar-refractivity contribution in [1.29, 1.82) is 0 Å². The van der Waals surface area contributed by atoms with E-state index < -0.39 is 0 Å². The third kappa shape index (κ3) is 1.67. The van der Waals surface area contributed by atoms with E-state index in [0.29, 0.717) is 11.8 Å². The quantitative estimate of drug-likeness (QED) is 0.928. The first-order valence-electron chi connectivity index (χ1n) is 6.70. The maximum absolute atomic E-state index is 6.09. The van der Waals surface area contributed by atoms with Crippen LogP contribution in [0.5, 0.6) is 5.88 Å². The van der Waals surface area contributed by atoms with Crippen LogP contribution in [0.25, 0.3) is 11.2 Å². The van der Waals surface area contributed by atoms with E-state index >= 15 is 0 Å². The molecule has 1 aliphatic rings. The van der Waals surface area contributed by atoms with Crippen molar-refractivity contribution in [2.24, 2.45) is 5.41 Å². The average Bonchev–Trinajstić information content (AvgIpc) is 2.74. The van der Waals surface area contributed by atoms with E-state index in [-0.39, 0.29) is 17.6 Å². The maximum Gasteiger partial charge on any atom is 0.215 e. The summed E-state index contributed by atoms with van der Waals surface area (Å²) in [6, 6.07) is 3.91. The first-order valence-corrected chi connectivity index (χ1v) is 6.70. The number of ether oxygens (including phenoxy) is 2. The molecule has 3 rings (SSSR count). The smallest absolute Gasteiger partial charge is 0.215 e. The molecule has 6 nitrogen and oxygen atoms in total. The number of fused-ring (bicyclic) bond motifs is 1. The third-order valence-corrected chi connectivity index (χ3v) is 4.47. The van der Waals surface area contributed by atoms with Crippen LogP contribution in [-0.2, 0) is 4.74 Å². The van der Waals surface area contributed by atoms with Crippen LogP contribution in [0.3, 0.4) is 0 Å². The Morgan fingerprint density at radius 1 is 1.30 bits per heavy atom. The van der Waals surface area contributed by atoms with E-state index in [1.165, 1.54) is 0 Å². The molecule has 1 fully saturated rings. The van der Waals surface area contributed by atoms with Crippen molar-refractivity contribution in [1.82, 2.24) is 14.5 Å². The van der Waals surface area contributed by atoms with Crippen LogP contribution < -0.4 is 10.5 Å². The van der Waals surface area contributed by atoms with Gasteiger partial charge in [-0.15, -0.1) is 0 Å². The summed E-state index contributed by atoms with van der Waals surface area (Å²) >= 11 is 0. The van der Waals surface area contributed by atoms with Crippen LogP contribution in [0.4, 0.5) is 5.95 Å². The lowest BCUT2D eigenvalue weighted by Crippen LogP contribution is -2.51. The molecule has 2 heterocycles. The van der Waals surface area contributed by atoms with E-state index in [1.807, 2.05) is 10.6 Å². The number of hydrogen-bond acceptors (Lipinski definition) is 5. The predicted octanol–water partition coefficient (Wildman–Crippen LogP) is 2.01. The fourth-order valence-electron chi connectivity index (χ4n) is 3.10. The number of anilines is 1. The maximum atomic E-state index is 6.09. The fraction of sp³-hybridized carbons (Fsp3) is 0.571. The van der Waals surface area contributed by atoms with Gasteiger partial charge in [0.2, 0.25) is 11.8 Å². The Morgan fingerprint density at radius 2 is 2.05 bits per heavy atom. The number of rotatable bonds is 3. The van der Waals surface area contributed by atoms with Gasteiger partial charge >= 0.3 is 0 Å². The normalized spacial score (nSPS) is 24.6. The molecule has 0 saturated heterocycles. The van der Waals surface area contributed by atoms with Gasteiger partial charge in [0.25, 0.3) is 0 Å². The van der Waals surface area contributed by atoms with Gasteiger partial charge in [0.1, 0.15) is 5.52 Å². The van der Waals surface area contributed by atoms with Crippen molar-refractivity contribution in [3.05, 3.63) is 12.1 Å². The number of imidazole rings is 1. The third-order valence-electron chi connectivity index (χ3n) is 4.47. The van der Waals surface area contributed by atoms with Crippen molar-refractivity contribution < 1.29 is 9.47 Å². The highest BCUT2D eigenvalue weighted by Gasteiger charge is 2.50. The zero-order valence-electron chi connectivity index (χ0n) is 12.3. The molecule has 6 heteroatoms. The lowest BCUT2D eigenvalue weighted by atomic mass is 9.64. The number of nitrogens with zero attached hydrogens (tertiary/aromatic N) is 3. The average molecular weight is 276 g/mol. The molecule has 2 atom stereocenters. The molecule has 2 aromatic rings. The van der Waals surface area contributed by atoms with Crippen molar-refractivity contribution in [3.8, 4) is 5.88 Å². The predicted molar refractivity (Wildman–Crippen MR) is 76.7 cm³/mol. The summed E-state index contributed by atoms with van der Waals surface area (Å²) in [7, 11) is 3.35. The minimum atomic E-state index is 0.00125. The van der Waals surface area contributed by atoms with Crippen LogP contribution in [-0.4, -0.2) is 34.9 Å². The highest BCUT2D eigenvalue weighted by atomic mass is 16.5. The molecule has 0 amide bonds. The Balaban J connectivity index is 2.10. The SMILES string of the molecule is COc1ccc2nc(N)n(C3CC(OC)C3(C)C)c2n1. The summed E-state index contributed by atoms with van der Waals surface area (Å²) in [5.74, 6) is 1.06. The van der Waals surface area contributed by atoms with E-state index in [2.05, 4.69) is 23.8 Å². The fourth-order valence-corrected chi connectivity index (χ4v) is 3.10. The Morgan fingerprint density at radius 3 is 2.65 bits per heavy atom. The lowest BCUT2D eigenvalue weighted by Gasteiger charge is -2.51. The summed E-state index contributed by atoms with van der Waals surface area (Å²) in [6.07, 6.45) is 1.15. The van der Waals surface area contributed by atoms with E-state index in [9.17, 15) is 0 Å². The van der Waals surface area contributed by atoms with Gasteiger partial charge in [-0.25, -0.2) is 4.98 Å². The van der Waals surface area contributed by atoms with Crippen molar-refractivity contribution >= 4 is 17.1 Å².